The van der Waals surface area contributed by atoms with Gasteiger partial charge in [0, 0.05) is 5.54 Å². The molecule has 3 N–H and O–H groups in total. The van der Waals surface area contributed by atoms with Crippen LogP contribution in [0, 0.1) is 17.8 Å². The minimum atomic E-state index is -0.314. The lowest BCUT2D eigenvalue weighted by Crippen LogP contribution is -2.55. The molecule has 0 aromatic carbocycles. The molecule has 3 atom stereocenters. The van der Waals surface area contributed by atoms with Crippen LogP contribution in [0.2, 0.25) is 0 Å². The van der Waals surface area contributed by atoms with Crippen LogP contribution < -0.4 is 5.73 Å². The van der Waals surface area contributed by atoms with Crippen LogP contribution in [0.4, 0.5) is 0 Å². The third-order valence-electron chi connectivity index (χ3n) is 3.54. The quantitative estimate of drug-likeness (QED) is 0.688. The molecule has 2 nitrogen and oxygen atoms in total. The highest BCUT2D eigenvalue weighted by atomic mass is 16.3. The summed E-state index contributed by atoms with van der Waals surface area (Å²) in [6, 6.07) is 0. The standard InChI is InChI=1S/C11H23NO/c1-8(2)10-5-4-9(3)6-11(10,12)7-13/h8-10,13H,4-7,12H2,1-3H3. The van der Waals surface area contributed by atoms with E-state index in [1.165, 1.54) is 12.8 Å². The first kappa shape index (κ1) is 11.0. The molecule has 2 heteroatoms. The van der Waals surface area contributed by atoms with Crippen molar-refractivity contribution < 1.29 is 5.11 Å². The maximum absolute atomic E-state index is 9.36. The second kappa shape index (κ2) is 3.97. The van der Waals surface area contributed by atoms with E-state index in [9.17, 15) is 5.11 Å². The van der Waals surface area contributed by atoms with Crippen LogP contribution >= 0.6 is 0 Å². The summed E-state index contributed by atoms with van der Waals surface area (Å²) in [5.41, 5.74) is 5.93. The van der Waals surface area contributed by atoms with E-state index in [0.29, 0.717) is 17.8 Å². The first-order valence-electron chi connectivity index (χ1n) is 5.39. The average molecular weight is 185 g/mol. The van der Waals surface area contributed by atoms with Crippen LogP contribution in [0.3, 0.4) is 0 Å². The van der Waals surface area contributed by atoms with Gasteiger partial charge in [-0.15, -0.1) is 0 Å². The van der Waals surface area contributed by atoms with E-state index in [1.807, 2.05) is 0 Å². The van der Waals surface area contributed by atoms with Gasteiger partial charge in [0.1, 0.15) is 0 Å². The summed E-state index contributed by atoms with van der Waals surface area (Å²) in [5, 5.41) is 9.36. The van der Waals surface area contributed by atoms with Crippen molar-refractivity contribution in [2.45, 2.75) is 45.6 Å². The van der Waals surface area contributed by atoms with Gasteiger partial charge in [-0.05, 0) is 30.6 Å². The van der Waals surface area contributed by atoms with E-state index in [0.717, 1.165) is 6.42 Å². The van der Waals surface area contributed by atoms with E-state index < -0.39 is 0 Å². The molecule has 1 aliphatic rings. The molecule has 0 bridgehead atoms. The normalized spacial score (nSPS) is 41.1. The van der Waals surface area contributed by atoms with Gasteiger partial charge in [-0.1, -0.05) is 27.2 Å². The molecule has 1 saturated carbocycles. The molecule has 1 rings (SSSR count). The molecule has 0 aliphatic heterocycles. The summed E-state index contributed by atoms with van der Waals surface area (Å²) < 4.78 is 0. The Morgan fingerprint density at radius 1 is 1.46 bits per heavy atom. The van der Waals surface area contributed by atoms with E-state index in [-0.39, 0.29) is 12.1 Å². The fraction of sp³-hybridized carbons (Fsp3) is 1.00. The third kappa shape index (κ3) is 2.23. The highest BCUT2D eigenvalue weighted by molar-refractivity contribution is 4.96. The second-order valence-corrected chi connectivity index (χ2v) is 5.13. The van der Waals surface area contributed by atoms with E-state index in [2.05, 4.69) is 20.8 Å². The number of rotatable bonds is 2. The zero-order valence-electron chi connectivity index (χ0n) is 9.09. The maximum atomic E-state index is 9.36. The van der Waals surface area contributed by atoms with Crippen LogP contribution in [0.15, 0.2) is 0 Å². The number of hydrogen-bond acceptors (Lipinski definition) is 2. The van der Waals surface area contributed by atoms with Gasteiger partial charge < -0.3 is 10.8 Å². The Hall–Kier alpha value is -0.0800. The summed E-state index contributed by atoms with van der Waals surface area (Å²) in [7, 11) is 0. The highest BCUT2D eigenvalue weighted by Gasteiger charge is 2.40. The molecular formula is C11H23NO. The van der Waals surface area contributed by atoms with E-state index >= 15 is 0 Å². The van der Waals surface area contributed by atoms with Crippen molar-refractivity contribution in [2.75, 3.05) is 6.61 Å². The van der Waals surface area contributed by atoms with Crippen molar-refractivity contribution >= 4 is 0 Å². The molecule has 0 radical (unpaired) electrons. The lowest BCUT2D eigenvalue weighted by molar-refractivity contribution is 0.0532. The molecule has 0 aromatic rings. The van der Waals surface area contributed by atoms with Gasteiger partial charge in [0.2, 0.25) is 0 Å². The Kier molecular flexibility index (Phi) is 3.36. The Morgan fingerprint density at radius 2 is 2.08 bits per heavy atom. The average Bonchev–Trinajstić information content (AvgIpc) is 2.03. The molecule has 1 fully saturated rings. The first-order chi connectivity index (χ1) is 5.99. The Balaban J connectivity index is 2.72. The molecule has 78 valence electrons. The van der Waals surface area contributed by atoms with Gasteiger partial charge >= 0.3 is 0 Å². The lowest BCUT2D eigenvalue weighted by atomic mass is 9.66. The summed E-state index contributed by atoms with van der Waals surface area (Å²) >= 11 is 0. The SMILES string of the molecule is CC1CCC(C(C)C)C(N)(CO)C1. The summed E-state index contributed by atoms with van der Waals surface area (Å²) in [6.45, 7) is 6.78. The number of nitrogens with two attached hydrogens (primary N) is 1. The zero-order chi connectivity index (χ0) is 10.1. The van der Waals surface area contributed by atoms with Gasteiger partial charge in [-0.25, -0.2) is 0 Å². The minimum Gasteiger partial charge on any atom is -0.394 e. The molecule has 0 amide bonds. The smallest absolute Gasteiger partial charge is 0.0614 e. The van der Waals surface area contributed by atoms with Crippen molar-refractivity contribution in [3.8, 4) is 0 Å². The second-order valence-electron chi connectivity index (χ2n) is 5.13. The molecule has 0 spiro atoms. The van der Waals surface area contributed by atoms with Gasteiger partial charge in [0.25, 0.3) is 0 Å². The first-order valence-corrected chi connectivity index (χ1v) is 5.39. The van der Waals surface area contributed by atoms with Crippen molar-refractivity contribution in [1.82, 2.24) is 0 Å². The Bertz CT molecular complexity index is 169. The summed E-state index contributed by atoms with van der Waals surface area (Å²) in [6.07, 6.45) is 3.42. The van der Waals surface area contributed by atoms with Crippen LogP contribution in [0.1, 0.15) is 40.0 Å². The molecule has 1 aliphatic carbocycles. The summed E-state index contributed by atoms with van der Waals surface area (Å²) in [5.74, 6) is 1.76. The van der Waals surface area contributed by atoms with E-state index in [1.54, 1.807) is 0 Å². The maximum Gasteiger partial charge on any atom is 0.0614 e. The third-order valence-corrected chi connectivity index (χ3v) is 3.54. The van der Waals surface area contributed by atoms with Crippen LogP contribution in [0.5, 0.6) is 0 Å². The number of aliphatic hydroxyl groups is 1. The predicted octanol–water partition coefficient (Wildman–Crippen LogP) is 1.77. The van der Waals surface area contributed by atoms with Crippen molar-refractivity contribution in [3.63, 3.8) is 0 Å². The van der Waals surface area contributed by atoms with Crippen molar-refractivity contribution in [2.24, 2.45) is 23.5 Å². The topological polar surface area (TPSA) is 46.2 Å². The fourth-order valence-corrected chi connectivity index (χ4v) is 2.83. The van der Waals surface area contributed by atoms with Crippen LogP contribution in [-0.4, -0.2) is 17.3 Å². The molecule has 13 heavy (non-hydrogen) atoms. The molecule has 0 heterocycles. The Labute approximate surface area is 81.5 Å². The van der Waals surface area contributed by atoms with Gasteiger partial charge in [-0.2, -0.15) is 0 Å². The lowest BCUT2D eigenvalue weighted by Gasteiger charge is -2.44. The van der Waals surface area contributed by atoms with Gasteiger partial charge in [0.15, 0.2) is 0 Å². The van der Waals surface area contributed by atoms with Crippen LogP contribution in [-0.2, 0) is 0 Å². The van der Waals surface area contributed by atoms with Gasteiger partial charge in [0.05, 0.1) is 6.61 Å². The van der Waals surface area contributed by atoms with Crippen LogP contribution in [0.25, 0.3) is 0 Å². The highest BCUT2D eigenvalue weighted by Crippen LogP contribution is 2.39. The minimum absolute atomic E-state index is 0.139. The number of aliphatic hydroxyl groups excluding tert-OH is 1. The predicted molar refractivity (Wildman–Crippen MR) is 55.3 cm³/mol. The largest absolute Gasteiger partial charge is 0.394 e. The van der Waals surface area contributed by atoms with Gasteiger partial charge in [-0.3, -0.25) is 0 Å². The van der Waals surface area contributed by atoms with Crippen molar-refractivity contribution in [1.29, 1.82) is 0 Å². The fourth-order valence-electron chi connectivity index (χ4n) is 2.83. The molecule has 0 saturated heterocycles. The molecular weight excluding hydrogens is 162 g/mol. The van der Waals surface area contributed by atoms with E-state index in [4.69, 9.17) is 5.73 Å². The van der Waals surface area contributed by atoms with Crippen molar-refractivity contribution in [3.05, 3.63) is 0 Å². The molecule has 0 aromatic heterocycles. The number of hydrogen-bond donors (Lipinski definition) is 2. The molecule has 3 unspecified atom stereocenters. The summed E-state index contributed by atoms with van der Waals surface area (Å²) in [4.78, 5) is 0. The monoisotopic (exact) mass is 185 g/mol. The Morgan fingerprint density at radius 3 is 2.54 bits per heavy atom. The zero-order valence-corrected chi connectivity index (χ0v) is 9.09.